The Morgan fingerprint density at radius 3 is 2.07 bits per heavy atom. The predicted octanol–water partition coefficient (Wildman–Crippen LogP) is 1.96. The maximum absolute atomic E-state index is 12.2. The molecule has 1 saturated heterocycles. The smallest absolute Gasteiger partial charge is 0.303 e. The molecule has 236 valence electrons. The quantitative estimate of drug-likeness (QED) is 0.250. The number of benzene rings is 1. The SMILES string of the molecule is CC(=O)OC[C@H]1O[C@@H](Oc2n[nH]c(C(C)C)c2Cc2ccc(OCCO)cc2)[C@H](OC(C)=O)[C@@H](OC(C)=O)[C@@H]1OC(C)=O. The van der Waals surface area contributed by atoms with E-state index < -0.39 is 54.6 Å². The number of carbonyl (C=O) groups is 4. The first-order valence-corrected chi connectivity index (χ1v) is 13.8. The van der Waals surface area contributed by atoms with Gasteiger partial charge in [0, 0.05) is 45.4 Å². The van der Waals surface area contributed by atoms with Crippen LogP contribution in [0.15, 0.2) is 24.3 Å². The molecule has 5 atom stereocenters. The van der Waals surface area contributed by atoms with E-state index in [2.05, 4.69) is 10.2 Å². The van der Waals surface area contributed by atoms with Gasteiger partial charge in [-0.25, -0.2) is 0 Å². The number of nitrogens with zero attached hydrogens (tertiary/aromatic N) is 1. The first-order chi connectivity index (χ1) is 20.4. The van der Waals surface area contributed by atoms with Gasteiger partial charge in [0.2, 0.25) is 18.3 Å². The standard InChI is InChI=1S/C29H38N2O12/c1-15(2)24-22(13-20-7-9-21(10-8-20)37-12-11-32)28(31-30-24)43-29-27(41-19(6)36)26(40-18(5)35)25(39-17(4)34)23(42-29)14-38-16(3)33/h7-10,15,23,25-27,29,32H,11-14H2,1-6H3,(H,30,31)/t23-,25-,26+,27-,29+/m1/s1. The highest BCUT2D eigenvalue weighted by Gasteiger charge is 2.53. The molecule has 0 spiro atoms. The van der Waals surface area contributed by atoms with Gasteiger partial charge in [-0.2, -0.15) is 0 Å². The van der Waals surface area contributed by atoms with E-state index in [0.717, 1.165) is 32.0 Å². The van der Waals surface area contributed by atoms with E-state index in [1.54, 1.807) is 12.1 Å². The Kier molecular flexibility index (Phi) is 11.9. The molecule has 1 aliphatic heterocycles. The normalized spacial score (nSPS) is 21.5. The minimum Gasteiger partial charge on any atom is -0.491 e. The summed E-state index contributed by atoms with van der Waals surface area (Å²) in [5, 5.41) is 16.3. The van der Waals surface area contributed by atoms with E-state index in [1.165, 1.54) is 6.92 Å². The maximum atomic E-state index is 12.2. The van der Waals surface area contributed by atoms with Crippen LogP contribution in [0.2, 0.25) is 0 Å². The topological polar surface area (TPSA) is 182 Å². The molecule has 2 N–H and O–H groups in total. The number of aliphatic hydroxyl groups excluding tert-OH is 1. The van der Waals surface area contributed by atoms with Crippen molar-refractivity contribution in [2.75, 3.05) is 19.8 Å². The highest BCUT2D eigenvalue weighted by molar-refractivity contribution is 5.68. The van der Waals surface area contributed by atoms with Gasteiger partial charge in [0.15, 0.2) is 12.2 Å². The first kappa shape index (κ1) is 33.3. The van der Waals surface area contributed by atoms with Crippen LogP contribution in [0.25, 0.3) is 0 Å². The van der Waals surface area contributed by atoms with Crippen molar-refractivity contribution in [2.24, 2.45) is 0 Å². The largest absolute Gasteiger partial charge is 0.491 e. The highest BCUT2D eigenvalue weighted by Crippen LogP contribution is 2.34. The fraction of sp³-hybridized carbons (Fsp3) is 0.552. The van der Waals surface area contributed by atoms with Crippen molar-refractivity contribution < 1.29 is 57.4 Å². The third-order valence-corrected chi connectivity index (χ3v) is 6.28. The fourth-order valence-corrected chi connectivity index (χ4v) is 4.57. The van der Waals surface area contributed by atoms with E-state index in [0.29, 0.717) is 17.7 Å². The zero-order valence-electron chi connectivity index (χ0n) is 25.0. The Bertz CT molecular complexity index is 1260. The molecule has 1 aliphatic rings. The minimum absolute atomic E-state index is 0.0161. The third-order valence-electron chi connectivity index (χ3n) is 6.28. The Morgan fingerprint density at radius 1 is 0.907 bits per heavy atom. The van der Waals surface area contributed by atoms with E-state index in [1.807, 2.05) is 26.0 Å². The van der Waals surface area contributed by atoms with Crippen LogP contribution in [0.4, 0.5) is 0 Å². The number of aliphatic hydroxyl groups is 1. The molecule has 0 bridgehead atoms. The van der Waals surface area contributed by atoms with Crippen molar-refractivity contribution in [2.45, 2.75) is 84.6 Å². The van der Waals surface area contributed by atoms with Crippen molar-refractivity contribution in [1.29, 1.82) is 0 Å². The third kappa shape index (κ3) is 9.41. The molecule has 1 aromatic carbocycles. The summed E-state index contributed by atoms with van der Waals surface area (Å²) in [6, 6.07) is 7.28. The van der Waals surface area contributed by atoms with Gasteiger partial charge in [0.25, 0.3) is 0 Å². The predicted molar refractivity (Wildman–Crippen MR) is 147 cm³/mol. The summed E-state index contributed by atoms with van der Waals surface area (Å²) in [5.41, 5.74) is 2.36. The van der Waals surface area contributed by atoms with Crippen LogP contribution in [0.1, 0.15) is 64.3 Å². The van der Waals surface area contributed by atoms with Gasteiger partial charge >= 0.3 is 23.9 Å². The molecule has 0 saturated carbocycles. The second-order valence-electron chi connectivity index (χ2n) is 10.2. The van der Waals surface area contributed by atoms with Gasteiger partial charge in [-0.3, -0.25) is 24.3 Å². The number of hydrogen-bond donors (Lipinski definition) is 2. The number of rotatable bonds is 13. The van der Waals surface area contributed by atoms with Gasteiger partial charge in [-0.15, -0.1) is 5.10 Å². The number of ether oxygens (including phenoxy) is 7. The summed E-state index contributed by atoms with van der Waals surface area (Å²) in [6.07, 6.45) is -6.27. The summed E-state index contributed by atoms with van der Waals surface area (Å²) < 4.78 is 39.2. The Hall–Kier alpha value is -4.17. The highest BCUT2D eigenvalue weighted by atomic mass is 16.7. The number of aromatic nitrogens is 2. The summed E-state index contributed by atoms with van der Waals surface area (Å²) in [6.45, 7) is 8.26. The average molecular weight is 607 g/mol. The zero-order valence-corrected chi connectivity index (χ0v) is 25.0. The molecule has 43 heavy (non-hydrogen) atoms. The van der Waals surface area contributed by atoms with Crippen molar-refractivity contribution in [3.05, 3.63) is 41.1 Å². The summed E-state index contributed by atoms with van der Waals surface area (Å²) in [5.74, 6) is -2.11. The second-order valence-corrected chi connectivity index (χ2v) is 10.2. The zero-order chi connectivity index (χ0) is 31.7. The van der Waals surface area contributed by atoms with Crippen LogP contribution in [-0.4, -0.2) is 89.7 Å². The molecular weight excluding hydrogens is 568 g/mol. The lowest BCUT2D eigenvalue weighted by Gasteiger charge is -2.43. The number of aromatic amines is 1. The lowest BCUT2D eigenvalue weighted by molar-refractivity contribution is -0.289. The summed E-state index contributed by atoms with van der Waals surface area (Å²) in [7, 11) is 0. The van der Waals surface area contributed by atoms with Gasteiger partial charge in [-0.1, -0.05) is 26.0 Å². The molecule has 0 amide bonds. The molecule has 14 heteroatoms. The van der Waals surface area contributed by atoms with Crippen LogP contribution in [0.3, 0.4) is 0 Å². The molecule has 0 unspecified atom stereocenters. The van der Waals surface area contributed by atoms with E-state index in [-0.39, 0.29) is 31.6 Å². The lowest BCUT2D eigenvalue weighted by Crippen LogP contribution is -2.63. The molecule has 2 aromatic rings. The maximum Gasteiger partial charge on any atom is 0.303 e. The number of hydrogen-bond acceptors (Lipinski definition) is 13. The van der Waals surface area contributed by atoms with Crippen molar-refractivity contribution in [3.8, 4) is 11.6 Å². The molecule has 0 aliphatic carbocycles. The molecule has 1 fully saturated rings. The number of H-pyrrole nitrogens is 1. The van der Waals surface area contributed by atoms with Crippen LogP contribution >= 0.6 is 0 Å². The number of esters is 4. The van der Waals surface area contributed by atoms with Crippen LogP contribution in [0, 0.1) is 0 Å². The molecule has 1 aromatic heterocycles. The molecule has 0 radical (unpaired) electrons. The van der Waals surface area contributed by atoms with Gasteiger partial charge < -0.3 is 38.3 Å². The first-order valence-electron chi connectivity index (χ1n) is 13.8. The van der Waals surface area contributed by atoms with Crippen LogP contribution < -0.4 is 9.47 Å². The van der Waals surface area contributed by atoms with Gasteiger partial charge in [-0.05, 0) is 23.6 Å². The Balaban J connectivity index is 2.00. The minimum atomic E-state index is -1.42. The molecule has 2 heterocycles. The van der Waals surface area contributed by atoms with Crippen LogP contribution in [-0.2, 0) is 49.3 Å². The lowest BCUT2D eigenvalue weighted by atomic mass is 9.97. The van der Waals surface area contributed by atoms with Gasteiger partial charge in [0.1, 0.15) is 25.1 Å². The summed E-state index contributed by atoms with van der Waals surface area (Å²) in [4.78, 5) is 47.9. The van der Waals surface area contributed by atoms with Gasteiger partial charge in [0.05, 0.1) is 6.61 Å². The second kappa shape index (κ2) is 15.3. The Labute approximate surface area is 248 Å². The fourth-order valence-electron chi connectivity index (χ4n) is 4.57. The number of nitrogens with one attached hydrogen (secondary N) is 1. The van der Waals surface area contributed by atoms with Crippen molar-refractivity contribution >= 4 is 23.9 Å². The number of carbonyl (C=O) groups excluding carboxylic acids is 4. The average Bonchev–Trinajstić information content (AvgIpc) is 3.31. The van der Waals surface area contributed by atoms with Crippen LogP contribution in [0.5, 0.6) is 11.6 Å². The summed E-state index contributed by atoms with van der Waals surface area (Å²) >= 11 is 0. The molecule has 14 nitrogen and oxygen atoms in total. The van der Waals surface area contributed by atoms with Crippen molar-refractivity contribution in [3.63, 3.8) is 0 Å². The molecule has 3 rings (SSSR count). The Morgan fingerprint density at radius 2 is 1.51 bits per heavy atom. The monoisotopic (exact) mass is 606 g/mol. The van der Waals surface area contributed by atoms with E-state index >= 15 is 0 Å². The van der Waals surface area contributed by atoms with Crippen molar-refractivity contribution in [1.82, 2.24) is 10.2 Å². The van der Waals surface area contributed by atoms with E-state index in [9.17, 15) is 19.2 Å². The van der Waals surface area contributed by atoms with E-state index in [4.69, 9.17) is 38.3 Å². The molecular formula is C29H38N2O12.